The third-order valence-corrected chi connectivity index (χ3v) is 3.12. The van der Waals surface area contributed by atoms with Crippen LogP contribution in [0.4, 0.5) is 4.39 Å². The Morgan fingerprint density at radius 3 is 3.13 bits per heavy atom. The molecule has 1 heterocycles. The first-order valence-electron chi connectivity index (χ1n) is 5.34. The summed E-state index contributed by atoms with van der Waals surface area (Å²) >= 11 is 0. The fraction of sp³-hybridized carbons (Fsp3) is 0.500. The highest BCUT2D eigenvalue weighted by atomic mass is 19.1. The van der Waals surface area contributed by atoms with E-state index in [1.807, 2.05) is 6.07 Å². The van der Waals surface area contributed by atoms with Gasteiger partial charge in [-0.2, -0.15) is 0 Å². The van der Waals surface area contributed by atoms with Gasteiger partial charge in [0.15, 0.2) is 0 Å². The van der Waals surface area contributed by atoms with Gasteiger partial charge in [0, 0.05) is 6.07 Å². The number of rotatable bonds is 2. The molecule has 2 nitrogen and oxygen atoms in total. The van der Waals surface area contributed by atoms with Crippen molar-refractivity contribution < 1.29 is 9.13 Å². The van der Waals surface area contributed by atoms with Gasteiger partial charge in [0.25, 0.3) is 0 Å². The van der Waals surface area contributed by atoms with E-state index in [0.29, 0.717) is 30.7 Å². The monoisotopic (exact) mass is 209 g/mol. The second kappa shape index (κ2) is 4.19. The van der Waals surface area contributed by atoms with E-state index < -0.39 is 0 Å². The van der Waals surface area contributed by atoms with Gasteiger partial charge < -0.3 is 10.5 Å². The Labute approximate surface area is 89.2 Å². The predicted molar refractivity (Wildman–Crippen MR) is 57.5 cm³/mol. The first kappa shape index (κ1) is 10.4. The van der Waals surface area contributed by atoms with Gasteiger partial charge in [-0.1, -0.05) is 13.0 Å². The fourth-order valence-electron chi connectivity index (χ4n) is 2.15. The molecule has 0 bridgehead atoms. The molecule has 1 aliphatic heterocycles. The lowest BCUT2D eigenvalue weighted by Crippen LogP contribution is -2.24. The van der Waals surface area contributed by atoms with E-state index in [1.54, 1.807) is 0 Å². The van der Waals surface area contributed by atoms with Crippen molar-refractivity contribution in [3.8, 4) is 5.75 Å². The normalized spacial score (nSPS) is 21.7. The SMILES string of the molecule is CC(CN)C1CCOc2cc(F)ccc21. The minimum atomic E-state index is -0.241. The number of fused-ring (bicyclic) bond motifs is 1. The average molecular weight is 209 g/mol. The lowest BCUT2D eigenvalue weighted by Gasteiger charge is -2.29. The molecule has 0 aromatic heterocycles. The Kier molecular flexibility index (Phi) is 2.91. The molecule has 0 amide bonds. The summed E-state index contributed by atoms with van der Waals surface area (Å²) in [6.07, 6.45) is 0.969. The van der Waals surface area contributed by atoms with E-state index in [9.17, 15) is 4.39 Å². The first-order valence-corrected chi connectivity index (χ1v) is 5.34. The smallest absolute Gasteiger partial charge is 0.126 e. The second-order valence-corrected chi connectivity index (χ2v) is 4.14. The van der Waals surface area contributed by atoms with E-state index in [2.05, 4.69) is 6.92 Å². The van der Waals surface area contributed by atoms with Gasteiger partial charge in [-0.25, -0.2) is 4.39 Å². The summed E-state index contributed by atoms with van der Waals surface area (Å²) in [6.45, 7) is 3.44. The summed E-state index contributed by atoms with van der Waals surface area (Å²) in [6, 6.07) is 4.77. The zero-order valence-electron chi connectivity index (χ0n) is 8.87. The van der Waals surface area contributed by atoms with Crippen LogP contribution in [0.25, 0.3) is 0 Å². The molecule has 1 aliphatic rings. The highest BCUT2D eigenvalue weighted by molar-refractivity contribution is 5.38. The van der Waals surface area contributed by atoms with Gasteiger partial charge in [-0.05, 0) is 36.4 Å². The van der Waals surface area contributed by atoms with E-state index in [-0.39, 0.29) is 5.82 Å². The molecule has 0 spiro atoms. The van der Waals surface area contributed by atoms with Gasteiger partial charge in [0.2, 0.25) is 0 Å². The largest absolute Gasteiger partial charge is 0.493 e. The average Bonchev–Trinajstić information content (AvgIpc) is 2.26. The Balaban J connectivity index is 2.34. The number of hydrogen-bond donors (Lipinski definition) is 1. The molecule has 0 saturated carbocycles. The Morgan fingerprint density at radius 1 is 1.60 bits per heavy atom. The van der Waals surface area contributed by atoms with Crippen LogP contribution in [0, 0.1) is 11.7 Å². The zero-order chi connectivity index (χ0) is 10.8. The lowest BCUT2D eigenvalue weighted by atomic mass is 9.83. The molecule has 2 rings (SSSR count). The van der Waals surface area contributed by atoms with E-state index in [4.69, 9.17) is 10.5 Å². The maximum absolute atomic E-state index is 13.0. The maximum atomic E-state index is 13.0. The summed E-state index contributed by atoms with van der Waals surface area (Å²) in [7, 11) is 0. The molecule has 1 aromatic carbocycles. The third kappa shape index (κ3) is 1.97. The summed E-state index contributed by atoms with van der Waals surface area (Å²) in [5.74, 6) is 1.26. The van der Waals surface area contributed by atoms with Crippen molar-refractivity contribution >= 4 is 0 Å². The fourth-order valence-corrected chi connectivity index (χ4v) is 2.15. The molecule has 0 radical (unpaired) electrons. The summed E-state index contributed by atoms with van der Waals surface area (Å²) < 4.78 is 18.4. The number of hydrogen-bond acceptors (Lipinski definition) is 2. The van der Waals surface area contributed by atoms with Crippen molar-refractivity contribution in [3.63, 3.8) is 0 Å². The molecule has 2 atom stereocenters. The van der Waals surface area contributed by atoms with Gasteiger partial charge in [0.1, 0.15) is 11.6 Å². The number of benzene rings is 1. The molecular formula is C12H16FNO. The van der Waals surface area contributed by atoms with Gasteiger partial charge >= 0.3 is 0 Å². The van der Waals surface area contributed by atoms with Crippen molar-refractivity contribution in [2.75, 3.05) is 13.2 Å². The molecule has 2 N–H and O–H groups in total. The van der Waals surface area contributed by atoms with Crippen molar-refractivity contribution in [2.45, 2.75) is 19.3 Å². The molecule has 1 aromatic rings. The Bertz CT molecular complexity index is 353. The van der Waals surface area contributed by atoms with Crippen LogP contribution in [0.5, 0.6) is 5.75 Å². The van der Waals surface area contributed by atoms with Crippen molar-refractivity contribution in [3.05, 3.63) is 29.6 Å². The van der Waals surface area contributed by atoms with Crippen LogP contribution in [-0.2, 0) is 0 Å². The summed E-state index contributed by atoms with van der Waals surface area (Å²) in [5, 5.41) is 0. The Hall–Kier alpha value is -1.09. The predicted octanol–water partition coefficient (Wildman–Crippen LogP) is 2.29. The van der Waals surface area contributed by atoms with Crippen LogP contribution < -0.4 is 10.5 Å². The minimum absolute atomic E-state index is 0.241. The number of ether oxygens (including phenoxy) is 1. The van der Waals surface area contributed by atoms with Crippen LogP contribution in [0.2, 0.25) is 0 Å². The quantitative estimate of drug-likeness (QED) is 0.811. The van der Waals surface area contributed by atoms with Crippen molar-refractivity contribution in [1.82, 2.24) is 0 Å². The topological polar surface area (TPSA) is 35.2 Å². The molecule has 0 fully saturated rings. The number of halogens is 1. The minimum Gasteiger partial charge on any atom is -0.493 e. The van der Waals surface area contributed by atoms with E-state index >= 15 is 0 Å². The highest BCUT2D eigenvalue weighted by Gasteiger charge is 2.25. The lowest BCUT2D eigenvalue weighted by molar-refractivity contribution is 0.243. The molecule has 0 aliphatic carbocycles. The second-order valence-electron chi connectivity index (χ2n) is 4.14. The maximum Gasteiger partial charge on any atom is 0.126 e. The molecule has 3 heteroatoms. The van der Waals surface area contributed by atoms with Gasteiger partial charge in [-0.15, -0.1) is 0 Å². The Morgan fingerprint density at radius 2 is 2.40 bits per heavy atom. The molecule has 0 saturated heterocycles. The van der Waals surface area contributed by atoms with Crippen LogP contribution in [-0.4, -0.2) is 13.2 Å². The molecule has 2 unspecified atom stereocenters. The first-order chi connectivity index (χ1) is 7.22. The van der Waals surface area contributed by atoms with Crippen molar-refractivity contribution in [2.24, 2.45) is 11.7 Å². The third-order valence-electron chi connectivity index (χ3n) is 3.12. The van der Waals surface area contributed by atoms with E-state index in [0.717, 1.165) is 12.0 Å². The zero-order valence-corrected chi connectivity index (χ0v) is 8.87. The van der Waals surface area contributed by atoms with Gasteiger partial charge in [-0.3, -0.25) is 0 Å². The molecule has 82 valence electrons. The summed E-state index contributed by atoms with van der Waals surface area (Å²) in [5.41, 5.74) is 6.77. The van der Waals surface area contributed by atoms with Crippen LogP contribution in [0.3, 0.4) is 0 Å². The van der Waals surface area contributed by atoms with Gasteiger partial charge in [0.05, 0.1) is 6.61 Å². The van der Waals surface area contributed by atoms with Crippen LogP contribution in [0.1, 0.15) is 24.8 Å². The van der Waals surface area contributed by atoms with Crippen LogP contribution >= 0.6 is 0 Å². The van der Waals surface area contributed by atoms with Crippen LogP contribution in [0.15, 0.2) is 18.2 Å². The van der Waals surface area contributed by atoms with Crippen molar-refractivity contribution in [1.29, 1.82) is 0 Å². The number of nitrogens with two attached hydrogens (primary N) is 1. The summed E-state index contributed by atoms with van der Waals surface area (Å²) in [4.78, 5) is 0. The standard InChI is InChI=1S/C12H16FNO/c1-8(7-14)10-4-5-15-12-6-9(13)2-3-11(10)12/h2-3,6,8,10H,4-5,7,14H2,1H3. The molecule has 15 heavy (non-hydrogen) atoms. The van der Waals surface area contributed by atoms with E-state index in [1.165, 1.54) is 12.1 Å². The molecular weight excluding hydrogens is 193 g/mol. The highest BCUT2D eigenvalue weighted by Crippen LogP contribution is 2.38.